The number of rotatable bonds is 7. The lowest BCUT2D eigenvalue weighted by Crippen LogP contribution is -2.36. The molecule has 2 aromatic carbocycles. The maximum absolute atomic E-state index is 11.8. The first-order valence-corrected chi connectivity index (χ1v) is 11.5. The van der Waals surface area contributed by atoms with Crippen molar-refractivity contribution in [3.63, 3.8) is 0 Å². The predicted octanol–water partition coefficient (Wildman–Crippen LogP) is 4.57. The summed E-state index contributed by atoms with van der Waals surface area (Å²) in [5.74, 6) is 0.644. The largest absolute Gasteiger partial charge is 0.378 e. The van der Waals surface area contributed by atoms with E-state index >= 15 is 0 Å². The van der Waals surface area contributed by atoms with Crippen molar-refractivity contribution in [3.8, 4) is 0 Å². The Kier molecular flexibility index (Phi) is 7.53. The fraction of sp³-hybridized carbons (Fsp3) is 0.240. The first-order valence-electron chi connectivity index (χ1n) is 10.6. The number of benzene rings is 2. The highest BCUT2D eigenvalue weighted by molar-refractivity contribution is 7.99. The average Bonchev–Trinajstić information content (AvgIpc) is 2.81. The first-order chi connectivity index (χ1) is 15.7. The molecule has 0 unspecified atom stereocenters. The van der Waals surface area contributed by atoms with Crippen LogP contribution in [0.25, 0.3) is 0 Å². The van der Waals surface area contributed by atoms with E-state index in [2.05, 4.69) is 39.5 Å². The van der Waals surface area contributed by atoms with E-state index in [9.17, 15) is 4.79 Å². The van der Waals surface area contributed by atoms with Gasteiger partial charge in [0, 0.05) is 42.0 Å². The number of nitrogens with one attached hydrogen (secondary N) is 1. The fourth-order valence-corrected chi connectivity index (χ4v) is 4.30. The van der Waals surface area contributed by atoms with E-state index in [1.165, 1.54) is 17.3 Å². The summed E-state index contributed by atoms with van der Waals surface area (Å²) >= 11 is 1.55. The molecule has 0 atom stereocenters. The van der Waals surface area contributed by atoms with Crippen molar-refractivity contribution in [2.45, 2.75) is 23.3 Å². The predicted molar refractivity (Wildman–Crippen MR) is 128 cm³/mol. The summed E-state index contributed by atoms with van der Waals surface area (Å²) < 4.78 is 5.43. The van der Waals surface area contributed by atoms with Crippen molar-refractivity contribution >= 4 is 29.0 Å². The van der Waals surface area contributed by atoms with Gasteiger partial charge in [0.1, 0.15) is 10.9 Å². The number of ether oxygens (including phenoxy) is 1. The Morgan fingerprint density at radius 2 is 1.97 bits per heavy atom. The first kappa shape index (κ1) is 22.0. The molecule has 0 spiro atoms. The zero-order chi connectivity index (χ0) is 22.2. The molecule has 1 saturated heterocycles. The minimum Gasteiger partial charge on any atom is -0.378 e. The molecule has 0 radical (unpaired) electrons. The van der Waals surface area contributed by atoms with Gasteiger partial charge in [-0.15, -0.1) is 0 Å². The number of carbonyl (C=O) groups is 1. The molecular weight excluding hydrogens is 420 g/mol. The summed E-state index contributed by atoms with van der Waals surface area (Å²) in [5.41, 5.74) is 3.16. The topological polar surface area (TPSA) is 67.4 Å². The zero-order valence-corrected chi connectivity index (χ0v) is 18.8. The van der Waals surface area contributed by atoms with Crippen molar-refractivity contribution in [1.82, 2.24) is 9.97 Å². The van der Waals surface area contributed by atoms with Crippen molar-refractivity contribution in [2.75, 3.05) is 36.5 Å². The van der Waals surface area contributed by atoms with E-state index in [-0.39, 0.29) is 5.91 Å². The van der Waals surface area contributed by atoms with Crippen LogP contribution < -0.4 is 10.2 Å². The van der Waals surface area contributed by atoms with E-state index in [1.54, 1.807) is 24.0 Å². The van der Waals surface area contributed by atoms with Gasteiger partial charge in [0.2, 0.25) is 5.91 Å². The van der Waals surface area contributed by atoms with Crippen LogP contribution in [0.5, 0.6) is 0 Å². The second-order valence-electron chi connectivity index (χ2n) is 7.37. The molecule has 1 amide bonds. The fourth-order valence-electron chi connectivity index (χ4n) is 3.44. The second-order valence-corrected chi connectivity index (χ2v) is 8.47. The number of allylic oxidation sites excluding steroid dienone is 1. The standard InChI is InChI=1S/C25H26N4O2S/c1-2-4-24(30)27-20-5-3-6-22(18-20)32-25-11-12-26-23(28-25)17-19-7-9-21(10-8-19)29-13-15-31-16-14-29/h2-12,18H,13-17H2,1H3,(H,27,30)/b4-2-. The zero-order valence-electron chi connectivity index (χ0n) is 18.0. The molecular formula is C25H26N4O2S. The Morgan fingerprint density at radius 3 is 2.75 bits per heavy atom. The number of aromatic nitrogens is 2. The van der Waals surface area contributed by atoms with Gasteiger partial charge in [0.05, 0.1) is 13.2 Å². The van der Waals surface area contributed by atoms with E-state index < -0.39 is 0 Å². The number of anilines is 2. The minimum absolute atomic E-state index is 0.140. The molecule has 2 heterocycles. The van der Waals surface area contributed by atoms with Crippen LogP contribution in [0.4, 0.5) is 11.4 Å². The summed E-state index contributed by atoms with van der Waals surface area (Å²) in [7, 11) is 0. The van der Waals surface area contributed by atoms with Crippen LogP contribution in [0, 0.1) is 0 Å². The maximum Gasteiger partial charge on any atom is 0.248 e. The Hall–Kier alpha value is -3.16. The number of hydrogen-bond donors (Lipinski definition) is 1. The monoisotopic (exact) mass is 446 g/mol. The number of morpholine rings is 1. The van der Waals surface area contributed by atoms with Crippen LogP contribution in [0.15, 0.2) is 82.9 Å². The molecule has 1 aromatic heterocycles. The molecule has 0 aliphatic carbocycles. The molecule has 1 aliphatic rings. The highest BCUT2D eigenvalue weighted by Gasteiger charge is 2.11. The van der Waals surface area contributed by atoms with Crippen LogP contribution >= 0.6 is 11.8 Å². The van der Waals surface area contributed by atoms with Crippen LogP contribution in [-0.2, 0) is 16.0 Å². The summed E-state index contributed by atoms with van der Waals surface area (Å²) in [6.07, 6.45) is 5.69. The van der Waals surface area contributed by atoms with Crippen molar-refractivity contribution in [2.24, 2.45) is 0 Å². The Morgan fingerprint density at radius 1 is 1.16 bits per heavy atom. The molecule has 1 fully saturated rings. The Labute approximate surface area is 192 Å². The van der Waals surface area contributed by atoms with Crippen LogP contribution in [0.1, 0.15) is 18.3 Å². The molecule has 1 aliphatic heterocycles. The van der Waals surface area contributed by atoms with Gasteiger partial charge in [0.25, 0.3) is 0 Å². The van der Waals surface area contributed by atoms with Gasteiger partial charge in [0.15, 0.2) is 0 Å². The second kappa shape index (κ2) is 10.9. The maximum atomic E-state index is 11.8. The number of amides is 1. The molecule has 164 valence electrons. The van der Waals surface area contributed by atoms with E-state index in [0.29, 0.717) is 6.42 Å². The average molecular weight is 447 g/mol. The van der Waals surface area contributed by atoms with Gasteiger partial charge in [-0.1, -0.05) is 36.0 Å². The van der Waals surface area contributed by atoms with Gasteiger partial charge < -0.3 is 15.0 Å². The van der Waals surface area contributed by atoms with Gasteiger partial charge in [-0.25, -0.2) is 9.97 Å². The van der Waals surface area contributed by atoms with Gasteiger partial charge in [-0.3, -0.25) is 4.79 Å². The van der Waals surface area contributed by atoms with E-state index in [1.807, 2.05) is 37.3 Å². The molecule has 4 rings (SSSR count). The Balaban J connectivity index is 1.40. The SMILES string of the molecule is C/C=C\C(=O)Nc1cccc(Sc2ccnc(Cc3ccc(N4CCOCC4)cc3)n2)c1. The molecule has 7 heteroatoms. The van der Waals surface area contributed by atoms with Gasteiger partial charge >= 0.3 is 0 Å². The number of hydrogen-bond acceptors (Lipinski definition) is 6. The third kappa shape index (κ3) is 6.18. The molecule has 3 aromatic rings. The number of nitrogens with zero attached hydrogens (tertiary/aromatic N) is 3. The quantitative estimate of drug-likeness (QED) is 0.424. The molecule has 0 bridgehead atoms. The summed E-state index contributed by atoms with van der Waals surface area (Å²) in [6.45, 7) is 5.25. The lowest BCUT2D eigenvalue weighted by Gasteiger charge is -2.28. The Bertz CT molecular complexity index is 1080. The molecule has 1 N–H and O–H groups in total. The van der Waals surface area contributed by atoms with Crippen LogP contribution in [-0.4, -0.2) is 42.2 Å². The van der Waals surface area contributed by atoms with Crippen molar-refractivity contribution in [3.05, 3.63) is 84.3 Å². The smallest absolute Gasteiger partial charge is 0.248 e. The van der Waals surface area contributed by atoms with Crippen molar-refractivity contribution in [1.29, 1.82) is 0 Å². The third-order valence-corrected chi connectivity index (χ3v) is 5.92. The summed E-state index contributed by atoms with van der Waals surface area (Å²) in [4.78, 5) is 24.3. The lowest BCUT2D eigenvalue weighted by molar-refractivity contribution is -0.111. The number of carbonyl (C=O) groups excluding carboxylic acids is 1. The highest BCUT2D eigenvalue weighted by atomic mass is 32.2. The lowest BCUT2D eigenvalue weighted by atomic mass is 10.1. The molecule has 6 nitrogen and oxygen atoms in total. The van der Waals surface area contributed by atoms with E-state index in [0.717, 1.165) is 47.7 Å². The van der Waals surface area contributed by atoms with Gasteiger partial charge in [-0.05, 0) is 55.0 Å². The summed E-state index contributed by atoms with van der Waals surface area (Å²) in [6, 6.07) is 18.2. The minimum atomic E-state index is -0.140. The summed E-state index contributed by atoms with van der Waals surface area (Å²) in [5, 5.41) is 3.73. The normalized spacial score (nSPS) is 14.0. The van der Waals surface area contributed by atoms with Gasteiger partial charge in [-0.2, -0.15) is 0 Å². The van der Waals surface area contributed by atoms with E-state index in [4.69, 9.17) is 9.72 Å². The third-order valence-electron chi connectivity index (χ3n) is 5.00. The molecule has 32 heavy (non-hydrogen) atoms. The highest BCUT2D eigenvalue weighted by Crippen LogP contribution is 2.28. The van der Waals surface area contributed by atoms with Crippen LogP contribution in [0.3, 0.4) is 0 Å². The van der Waals surface area contributed by atoms with Crippen molar-refractivity contribution < 1.29 is 9.53 Å². The molecule has 0 saturated carbocycles. The van der Waals surface area contributed by atoms with Crippen LogP contribution in [0.2, 0.25) is 0 Å².